The summed E-state index contributed by atoms with van der Waals surface area (Å²) < 4.78 is 3.57. The van der Waals surface area contributed by atoms with Crippen molar-refractivity contribution in [3.8, 4) is 11.4 Å². The number of unbranched alkanes of at least 4 members (excludes halogenated alkanes) is 1. The molecule has 1 N–H and O–H groups in total. The van der Waals surface area contributed by atoms with Crippen molar-refractivity contribution in [3.05, 3.63) is 41.9 Å². The van der Waals surface area contributed by atoms with Gasteiger partial charge in [-0.15, -0.1) is 5.10 Å². The molecular formula is C19H22N6O. The van der Waals surface area contributed by atoms with Crippen LogP contribution in [0.15, 0.2) is 30.5 Å². The summed E-state index contributed by atoms with van der Waals surface area (Å²) in [5.41, 5.74) is 3.70. The molecule has 7 heteroatoms. The molecular weight excluding hydrogens is 328 g/mol. The fourth-order valence-corrected chi connectivity index (χ4v) is 3.07. The molecule has 134 valence electrons. The van der Waals surface area contributed by atoms with Gasteiger partial charge in [-0.25, -0.2) is 14.6 Å². The van der Waals surface area contributed by atoms with Crippen LogP contribution in [0.25, 0.3) is 28.1 Å². The number of fused-ring (bicyclic) bond motifs is 3. The zero-order chi connectivity index (χ0) is 18.1. The molecule has 4 rings (SSSR count). The van der Waals surface area contributed by atoms with Crippen LogP contribution in [0.5, 0.6) is 0 Å². The van der Waals surface area contributed by atoms with E-state index >= 15 is 0 Å². The number of aryl methyl sites for hydroxylation is 2. The summed E-state index contributed by atoms with van der Waals surface area (Å²) in [6, 6.07) is 8.20. The third-order valence-corrected chi connectivity index (χ3v) is 4.51. The first-order chi connectivity index (χ1) is 12.7. The van der Waals surface area contributed by atoms with Gasteiger partial charge in [-0.2, -0.15) is 9.61 Å². The molecule has 0 fully saturated rings. The second kappa shape index (κ2) is 6.84. The van der Waals surface area contributed by atoms with Crippen molar-refractivity contribution in [1.82, 2.24) is 29.4 Å². The highest BCUT2D eigenvalue weighted by Gasteiger charge is 2.17. The first-order valence-corrected chi connectivity index (χ1v) is 9.00. The lowest BCUT2D eigenvalue weighted by molar-refractivity contribution is 0.271. The molecule has 0 bridgehead atoms. The van der Waals surface area contributed by atoms with Gasteiger partial charge >= 0.3 is 0 Å². The zero-order valence-corrected chi connectivity index (χ0v) is 15.1. The maximum Gasteiger partial charge on any atom is 0.182 e. The van der Waals surface area contributed by atoms with E-state index in [4.69, 9.17) is 15.1 Å². The van der Waals surface area contributed by atoms with Gasteiger partial charge in [0.15, 0.2) is 17.1 Å². The number of nitrogens with zero attached hydrogens (tertiary/aromatic N) is 6. The summed E-state index contributed by atoms with van der Waals surface area (Å²) in [7, 11) is 0. The van der Waals surface area contributed by atoms with Crippen LogP contribution in [-0.4, -0.2) is 41.1 Å². The van der Waals surface area contributed by atoms with E-state index in [1.54, 1.807) is 10.9 Å². The third-order valence-electron chi connectivity index (χ3n) is 4.51. The van der Waals surface area contributed by atoms with E-state index in [2.05, 4.69) is 31.1 Å². The van der Waals surface area contributed by atoms with Crippen LogP contribution in [0.3, 0.4) is 0 Å². The number of rotatable bonds is 6. The van der Waals surface area contributed by atoms with Crippen molar-refractivity contribution in [2.45, 2.75) is 39.7 Å². The Morgan fingerprint density at radius 2 is 1.88 bits per heavy atom. The van der Waals surface area contributed by atoms with Gasteiger partial charge in [0.25, 0.3) is 0 Å². The van der Waals surface area contributed by atoms with Gasteiger partial charge in [0.2, 0.25) is 0 Å². The average Bonchev–Trinajstić information content (AvgIpc) is 3.25. The standard InChI is InChI=1S/C19H22N6O/c1-3-4-5-16-21-18-15(12-20-24(18)10-11-26)19-22-17(23-25(16)19)14-8-6-13(2)7-9-14/h6-9,12,26H,3-5,10-11H2,1-2H3. The number of aliphatic hydroxyl groups excluding tert-OH is 1. The van der Waals surface area contributed by atoms with E-state index in [1.807, 2.05) is 16.6 Å². The van der Waals surface area contributed by atoms with Crippen LogP contribution < -0.4 is 0 Å². The molecule has 3 aromatic heterocycles. The largest absolute Gasteiger partial charge is 0.394 e. The van der Waals surface area contributed by atoms with Gasteiger partial charge in [0, 0.05) is 12.0 Å². The van der Waals surface area contributed by atoms with E-state index in [1.165, 1.54) is 5.56 Å². The highest BCUT2D eigenvalue weighted by Crippen LogP contribution is 2.23. The van der Waals surface area contributed by atoms with Crippen LogP contribution in [0.4, 0.5) is 0 Å². The number of aliphatic hydroxyl groups is 1. The topological polar surface area (TPSA) is 81.1 Å². The van der Waals surface area contributed by atoms with E-state index in [9.17, 15) is 5.11 Å². The number of aromatic nitrogens is 6. The Kier molecular flexibility index (Phi) is 4.38. The summed E-state index contributed by atoms with van der Waals surface area (Å²) in [6.45, 7) is 4.66. The van der Waals surface area contributed by atoms with Gasteiger partial charge in [-0.05, 0) is 13.3 Å². The summed E-state index contributed by atoms with van der Waals surface area (Å²) in [5.74, 6) is 1.56. The lowest BCUT2D eigenvalue weighted by atomic mass is 10.1. The molecule has 0 atom stereocenters. The lowest BCUT2D eigenvalue weighted by Gasteiger charge is -2.05. The minimum absolute atomic E-state index is 0.0231. The SMILES string of the molecule is CCCCc1nc2c(cnn2CCO)c2nc(-c3ccc(C)cc3)nn12. The quantitative estimate of drug-likeness (QED) is 0.578. The minimum atomic E-state index is 0.0231. The van der Waals surface area contributed by atoms with Crippen molar-refractivity contribution >= 4 is 16.7 Å². The number of benzene rings is 1. The number of hydrogen-bond acceptors (Lipinski definition) is 5. The summed E-state index contributed by atoms with van der Waals surface area (Å²) in [6.07, 6.45) is 4.69. The molecule has 4 aromatic rings. The predicted octanol–water partition coefficient (Wildman–Crippen LogP) is 2.78. The van der Waals surface area contributed by atoms with Crippen molar-refractivity contribution in [1.29, 1.82) is 0 Å². The summed E-state index contributed by atoms with van der Waals surface area (Å²) in [4.78, 5) is 9.57. The fourth-order valence-electron chi connectivity index (χ4n) is 3.07. The Bertz CT molecular complexity index is 1050. The molecule has 0 saturated carbocycles. The molecule has 0 saturated heterocycles. The van der Waals surface area contributed by atoms with Crippen molar-refractivity contribution in [3.63, 3.8) is 0 Å². The molecule has 0 aliphatic rings. The van der Waals surface area contributed by atoms with E-state index in [0.717, 1.165) is 47.3 Å². The monoisotopic (exact) mass is 350 g/mol. The Morgan fingerprint density at radius 1 is 1.08 bits per heavy atom. The molecule has 7 nitrogen and oxygen atoms in total. The molecule has 0 aliphatic heterocycles. The second-order valence-corrected chi connectivity index (χ2v) is 6.50. The lowest BCUT2D eigenvalue weighted by Crippen LogP contribution is -2.08. The molecule has 0 unspecified atom stereocenters. The summed E-state index contributed by atoms with van der Waals surface area (Å²) in [5, 5.41) is 19.2. The van der Waals surface area contributed by atoms with Crippen LogP contribution in [0.1, 0.15) is 31.2 Å². The highest BCUT2D eigenvalue weighted by molar-refractivity contribution is 5.89. The maximum atomic E-state index is 9.27. The molecule has 1 aromatic carbocycles. The van der Waals surface area contributed by atoms with Crippen LogP contribution in [0.2, 0.25) is 0 Å². The predicted molar refractivity (Wildman–Crippen MR) is 99.9 cm³/mol. The third kappa shape index (κ3) is 2.84. The molecule has 0 aliphatic carbocycles. The number of hydrogen-bond donors (Lipinski definition) is 1. The van der Waals surface area contributed by atoms with Crippen molar-refractivity contribution in [2.24, 2.45) is 0 Å². The Morgan fingerprint density at radius 3 is 2.62 bits per heavy atom. The first-order valence-electron chi connectivity index (χ1n) is 9.00. The minimum Gasteiger partial charge on any atom is -0.394 e. The van der Waals surface area contributed by atoms with Crippen LogP contribution >= 0.6 is 0 Å². The Hall–Kier alpha value is -2.80. The van der Waals surface area contributed by atoms with Gasteiger partial charge < -0.3 is 5.11 Å². The Balaban J connectivity index is 1.93. The summed E-state index contributed by atoms with van der Waals surface area (Å²) >= 11 is 0. The van der Waals surface area contributed by atoms with Gasteiger partial charge in [-0.3, -0.25) is 0 Å². The van der Waals surface area contributed by atoms with E-state index in [0.29, 0.717) is 12.4 Å². The van der Waals surface area contributed by atoms with E-state index < -0.39 is 0 Å². The van der Waals surface area contributed by atoms with Gasteiger partial charge in [0.1, 0.15) is 5.82 Å². The molecule has 26 heavy (non-hydrogen) atoms. The zero-order valence-electron chi connectivity index (χ0n) is 15.1. The Labute approximate surface area is 151 Å². The highest BCUT2D eigenvalue weighted by atomic mass is 16.3. The normalized spacial score (nSPS) is 11.7. The van der Waals surface area contributed by atoms with Crippen molar-refractivity contribution in [2.75, 3.05) is 6.61 Å². The van der Waals surface area contributed by atoms with Gasteiger partial charge in [0.05, 0.1) is 24.7 Å². The molecule has 0 amide bonds. The second-order valence-electron chi connectivity index (χ2n) is 6.50. The molecule has 3 heterocycles. The smallest absolute Gasteiger partial charge is 0.182 e. The average molecular weight is 350 g/mol. The first kappa shape index (κ1) is 16.7. The van der Waals surface area contributed by atoms with Crippen molar-refractivity contribution < 1.29 is 5.11 Å². The molecule has 0 radical (unpaired) electrons. The van der Waals surface area contributed by atoms with E-state index in [-0.39, 0.29) is 6.61 Å². The van der Waals surface area contributed by atoms with Gasteiger partial charge in [-0.1, -0.05) is 43.2 Å². The molecule has 0 spiro atoms. The maximum absolute atomic E-state index is 9.27. The van der Waals surface area contributed by atoms with Crippen LogP contribution in [-0.2, 0) is 13.0 Å². The fraction of sp³-hybridized carbons (Fsp3) is 0.368. The van der Waals surface area contributed by atoms with Crippen LogP contribution in [0, 0.1) is 6.92 Å².